The second-order valence-corrected chi connectivity index (χ2v) is 6.77. The van der Waals surface area contributed by atoms with Crippen molar-refractivity contribution < 1.29 is 19.4 Å². The number of thioether (sulfide) groups is 1. The Morgan fingerprint density at radius 3 is 3.00 bits per heavy atom. The quantitative estimate of drug-likeness (QED) is 0.553. The molecule has 134 valence electrons. The SMILES string of the molecule is COc1cc(/C=N\NC(=O)CC2Sc3ccccc3NC2=O)ccc1O. The van der Waals surface area contributed by atoms with Crippen LogP contribution in [0.3, 0.4) is 0 Å². The van der Waals surface area contributed by atoms with E-state index in [9.17, 15) is 14.7 Å². The number of amides is 2. The van der Waals surface area contributed by atoms with Gasteiger partial charge in [0, 0.05) is 11.3 Å². The number of benzene rings is 2. The second kappa shape index (κ2) is 7.92. The zero-order valence-electron chi connectivity index (χ0n) is 13.9. The van der Waals surface area contributed by atoms with Crippen LogP contribution in [0.2, 0.25) is 0 Å². The summed E-state index contributed by atoms with van der Waals surface area (Å²) in [5.74, 6) is -0.223. The summed E-state index contributed by atoms with van der Waals surface area (Å²) in [5.41, 5.74) is 3.82. The third kappa shape index (κ3) is 4.15. The number of para-hydroxylation sites is 1. The van der Waals surface area contributed by atoms with Crippen LogP contribution in [-0.4, -0.2) is 35.5 Å². The van der Waals surface area contributed by atoms with Crippen LogP contribution in [0, 0.1) is 0 Å². The number of carbonyl (C=O) groups is 2. The first-order valence-electron chi connectivity index (χ1n) is 7.82. The van der Waals surface area contributed by atoms with Gasteiger partial charge in [0.05, 0.1) is 24.3 Å². The first-order chi connectivity index (χ1) is 12.6. The summed E-state index contributed by atoms with van der Waals surface area (Å²) in [6, 6.07) is 12.2. The number of nitrogens with one attached hydrogen (secondary N) is 2. The Morgan fingerprint density at radius 2 is 2.19 bits per heavy atom. The average Bonchev–Trinajstić information content (AvgIpc) is 2.63. The number of fused-ring (bicyclic) bond motifs is 1. The molecule has 3 rings (SSSR count). The molecule has 0 aliphatic carbocycles. The summed E-state index contributed by atoms with van der Waals surface area (Å²) in [6.45, 7) is 0. The number of methoxy groups -OCH3 is 1. The van der Waals surface area contributed by atoms with Gasteiger partial charge in [0.15, 0.2) is 11.5 Å². The molecule has 1 atom stereocenters. The lowest BCUT2D eigenvalue weighted by atomic mass is 10.2. The predicted molar refractivity (Wildman–Crippen MR) is 99.7 cm³/mol. The zero-order valence-corrected chi connectivity index (χ0v) is 14.7. The Kier molecular flexibility index (Phi) is 5.43. The van der Waals surface area contributed by atoms with Crippen LogP contribution in [-0.2, 0) is 9.59 Å². The zero-order chi connectivity index (χ0) is 18.5. The molecule has 1 aliphatic heterocycles. The van der Waals surface area contributed by atoms with Gasteiger partial charge in [-0.1, -0.05) is 12.1 Å². The Bertz CT molecular complexity index is 869. The maximum absolute atomic E-state index is 12.1. The third-order valence-corrected chi connectivity index (χ3v) is 4.96. The minimum Gasteiger partial charge on any atom is -0.504 e. The minimum atomic E-state index is -0.506. The molecule has 0 spiro atoms. The van der Waals surface area contributed by atoms with E-state index < -0.39 is 5.25 Å². The molecule has 2 aromatic rings. The van der Waals surface area contributed by atoms with Gasteiger partial charge in [0.1, 0.15) is 0 Å². The van der Waals surface area contributed by atoms with Crippen LogP contribution in [0.5, 0.6) is 11.5 Å². The number of rotatable bonds is 5. The number of aromatic hydroxyl groups is 1. The summed E-state index contributed by atoms with van der Waals surface area (Å²) in [4.78, 5) is 25.1. The molecule has 26 heavy (non-hydrogen) atoms. The number of carbonyl (C=O) groups excluding carboxylic acids is 2. The van der Waals surface area contributed by atoms with Gasteiger partial charge in [-0.15, -0.1) is 11.8 Å². The van der Waals surface area contributed by atoms with Crippen molar-refractivity contribution in [2.24, 2.45) is 5.10 Å². The van der Waals surface area contributed by atoms with E-state index in [-0.39, 0.29) is 24.0 Å². The van der Waals surface area contributed by atoms with E-state index in [0.717, 1.165) is 10.6 Å². The fourth-order valence-electron chi connectivity index (χ4n) is 2.39. The summed E-state index contributed by atoms with van der Waals surface area (Å²) in [6.07, 6.45) is 1.45. The number of phenols is 1. The smallest absolute Gasteiger partial charge is 0.241 e. The van der Waals surface area contributed by atoms with Crippen LogP contribution in [0.25, 0.3) is 0 Å². The first kappa shape index (κ1) is 17.8. The minimum absolute atomic E-state index is 0.0150. The van der Waals surface area contributed by atoms with Crippen molar-refractivity contribution in [1.82, 2.24) is 5.43 Å². The van der Waals surface area contributed by atoms with Crippen LogP contribution in [0.4, 0.5) is 5.69 Å². The Labute approximate surface area is 154 Å². The maximum atomic E-state index is 12.1. The molecule has 2 amide bonds. The lowest BCUT2D eigenvalue weighted by molar-refractivity contribution is -0.124. The number of hydrogen-bond acceptors (Lipinski definition) is 6. The van der Waals surface area contributed by atoms with E-state index in [1.165, 1.54) is 31.2 Å². The molecule has 1 unspecified atom stereocenters. The summed E-state index contributed by atoms with van der Waals surface area (Å²) in [5, 5.41) is 15.7. The highest BCUT2D eigenvalue weighted by atomic mass is 32.2. The fourth-order valence-corrected chi connectivity index (χ4v) is 3.50. The normalized spacial score (nSPS) is 16.0. The van der Waals surface area contributed by atoms with E-state index in [0.29, 0.717) is 11.3 Å². The highest BCUT2D eigenvalue weighted by molar-refractivity contribution is 8.01. The molecule has 0 saturated heterocycles. The van der Waals surface area contributed by atoms with Gasteiger partial charge in [-0.25, -0.2) is 5.43 Å². The maximum Gasteiger partial charge on any atom is 0.241 e. The standard InChI is InChI=1S/C18H17N3O4S/c1-25-14-8-11(6-7-13(14)22)10-19-21-17(23)9-16-18(24)20-12-4-2-3-5-15(12)26-16/h2-8,10,16,22H,9H2,1H3,(H,20,24)(H,21,23)/b19-10-. The number of anilines is 1. The second-order valence-electron chi connectivity index (χ2n) is 5.52. The van der Waals surface area contributed by atoms with Gasteiger partial charge >= 0.3 is 0 Å². The fraction of sp³-hybridized carbons (Fsp3) is 0.167. The van der Waals surface area contributed by atoms with Crippen LogP contribution in [0.1, 0.15) is 12.0 Å². The van der Waals surface area contributed by atoms with E-state index in [2.05, 4.69) is 15.8 Å². The highest BCUT2D eigenvalue weighted by Crippen LogP contribution is 2.36. The average molecular weight is 371 g/mol. The molecule has 1 heterocycles. The molecule has 3 N–H and O–H groups in total. The van der Waals surface area contributed by atoms with Crippen molar-refractivity contribution in [3.8, 4) is 11.5 Å². The van der Waals surface area contributed by atoms with E-state index in [1.807, 2.05) is 24.3 Å². The van der Waals surface area contributed by atoms with Gasteiger partial charge < -0.3 is 15.2 Å². The van der Waals surface area contributed by atoms with Crippen molar-refractivity contribution in [2.75, 3.05) is 12.4 Å². The van der Waals surface area contributed by atoms with Crippen molar-refractivity contribution in [3.05, 3.63) is 48.0 Å². The van der Waals surface area contributed by atoms with Crippen LogP contribution < -0.4 is 15.5 Å². The van der Waals surface area contributed by atoms with E-state index in [1.54, 1.807) is 12.1 Å². The van der Waals surface area contributed by atoms with Gasteiger partial charge in [0.2, 0.25) is 11.8 Å². The molecule has 1 aliphatic rings. The summed E-state index contributed by atoms with van der Waals surface area (Å²) in [7, 11) is 1.45. The largest absolute Gasteiger partial charge is 0.504 e. The third-order valence-electron chi connectivity index (χ3n) is 3.68. The molecule has 7 nitrogen and oxygen atoms in total. The molecule has 2 aromatic carbocycles. The van der Waals surface area contributed by atoms with Gasteiger partial charge in [-0.2, -0.15) is 5.10 Å². The topological polar surface area (TPSA) is 100 Å². The predicted octanol–water partition coefficient (Wildman–Crippen LogP) is 2.35. The molecule has 0 fully saturated rings. The lowest BCUT2D eigenvalue weighted by Crippen LogP contribution is -2.33. The Hall–Kier alpha value is -3.00. The molecule has 0 bridgehead atoms. The number of hydrogen-bond donors (Lipinski definition) is 3. The van der Waals surface area contributed by atoms with Crippen molar-refractivity contribution in [3.63, 3.8) is 0 Å². The highest BCUT2D eigenvalue weighted by Gasteiger charge is 2.28. The number of hydrazone groups is 1. The number of nitrogens with zero attached hydrogens (tertiary/aromatic N) is 1. The molecule has 0 aromatic heterocycles. The molecule has 0 saturated carbocycles. The first-order valence-corrected chi connectivity index (χ1v) is 8.70. The number of ether oxygens (including phenoxy) is 1. The molecular formula is C18H17N3O4S. The van der Waals surface area contributed by atoms with Crippen LogP contribution >= 0.6 is 11.8 Å². The van der Waals surface area contributed by atoms with Gasteiger partial charge in [-0.3, -0.25) is 9.59 Å². The Morgan fingerprint density at radius 1 is 1.38 bits per heavy atom. The number of phenolic OH excluding ortho intramolecular Hbond substituents is 1. The molecule has 8 heteroatoms. The molecule has 0 radical (unpaired) electrons. The van der Waals surface area contributed by atoms with Crippen molar-refractivity contribution in [2.45, 2.75) is 16.6 Å². The van der Waals surface area contributed by atoms with Crippen molar-refractivity contribution in [1.29, 1.82) is 0 Å². The van der Waals surface area contributed by atoms with Crippen molar-refractivity contribution >= 4 is 35.5 Å². The van der Waals surface area contributed by atoms with E-state index >= 15 is 0 Å². The van der Waals surface area contributed by atoms with Gasteiger partial charge in [-0.05, 0) is 35.9 Å². The van der Waals surface area contributed by atoms with E-state index in [4.69, 9.17) is 4.74 Å². The molecular weight excluding hydrogens is 354 g/mol. The summed E-state index contributed by atoms with van der Waals surface area (Å²) >= 11 is 1.36. The van der Waals surface area contributed by atoms with Crippen LogP contribution in [0.15, 0.2) is 52.5 Å². The monoisotopic (exact) mass is 371 g/mol. The summed E-state index contributed by atoms with van der Waals surface area (Å²) < 4.78 is 5.01. The lowest BCUT2D eigenvalue weighted by Gasteiger charge is -2.23. The van der Waals surface area contributed by atoms with Gasteiger partial charge in [0.25, 0.3) is 0 Å². The Balaban J connectivity index is 1.57.